The second-order valence-electron chi connectivity index (χ2n) is 7.74. The van der Waals surface area contributed by atoms with Crippen molar-refractivity contribution < 1.29 is 14.3 Å². The fourth-order valence-electron chi connectivity index (χ4n) is 4.65. The molecule has 5 nitrogen and oxygen atoms in total. The summed E-state index contributed by atoms with van der Waals surface area (Å²) in [6.45, 7) is 4.21. The Morgan fingerprint density at radius 3 is 2.08 bits per heavy atom. The molecule has 5 heteroatoms. The Morgan fingerprint density at radius 1 is 0.846 bits per heavy atom. The van der Waals surface area contributed by atoms with Gasteiger partial charge >= 0.3 is 0 Å². The second-order valence-corrected chi connectivity index (χ2v) is 7.74. The van der Waals surface area contributed by atoms with Crippen molar-refractivity contribution in [2.24, 2.45) is 10.8 Å². The van der Waals surface area contributed by atoms with Gasteiger partial charge in [0.15, 0.2) is 0 Å². The summed E-state index contributed by atoms with van der Waals surface area (Å²) in [5, 5.41) is 3.38. The highest BCUT2D eigenvalue weighted by Gasteiger charge is 2.65. The topological polar surface area (TPSA) is 50.8 Å². The monoisotopic (exact) mass is 350 g/mol. The van der Waals surface area contributed by atoms with Crippen LogP contribution in [0.25, 0.3) is 0 Å². The predicted molar refractivity (Wildman–Crippen MR) is 98.6 cm³/mol. The number of hydrogen-bond acceptors (Lipinski definition) is 4. The molecule has 0 bridgehead atoms. The maximum Gasteiger partial charge on any atom is 0.256 e. The van der Waals surface area contributed by atoms with Gasteiger partial charge in [0.1, 0.15) is 0 Å². The molecule has 26 heavy (non-hydrogen) atoms. The average Bonchev–Trinajstić information content (AvgIpc) is 3.25. The van der Waals surface area contributed by atoms with Gasteiger partial charge in [-0.2, -0.15) is 0 Å². The summed E-state index contributed by atoms with van der Waals surface area (Å²) in [6.07, 6.45) is 0. The second kappa shape index (κ2) is 5.83. The van der Waals surface area contributed by atoms with E-state index in [2.05, 4.69) is 5.32 Å². The van der Waals surface area contributed by atoms with Crippen molar-refractivity contribution in [2.45, 2.75) is 0 Å². The Bertz CT molecular complexity index is 806. The molecule has 0 atom stereocenters. The van der Waals surface area contributed by atoms with E-state index >= 15 is 0 Å². The third kappa shape index (κ3) is 2.27. The molecule has 3 fully saturated rings. The summed E-state index contributed by atoms with van der Waals surface area (Å²) in [6, 6.07) is 17.7. The number of rotatable bonds is 3. The van der Waals surface area contributed by atoms with Crippen LogP contribution in [0.3, 0.4) is 0 Å². The van der Waals surface area contributed by atoms with E-state index in [4.69, 9.17) is 9.47 Å². The Labute approximate surface area is 152 Å². The molecular weight excluding hydrogens is 328 g/mol. The number of anilines is 2. The van der Waals surface area contributed by atoms with E-state index in [1.165, 1.54) is 0 Å². The molecule has 3 heterocycles. The first-order valence-electron chi connectivity index (χ1n) is 9.07. The van der Waals surface area contributed by atoms with Crippen LogP contribution in [-0.4, -0.2) is 50.3 Å². The molecule has 0 spiro atoms. The van der Waals surface area contributed by atoms with Crippen LogP contribution >= 0.6 is 0 Å². The number of carbonyl (C=O) groups is 1. The molecule has 3 aliphatic rings. The van der Waals surface area contributed by atoms with Crippen molar-refractivity contribution in [3.05, 3.63) is 60.2 Å². The zero-order valence-corrected chi connectivity index (χ0v) is 14.6. The fraction of sp³-hybridized carbons (Fsp3) is 0.381. The van der Waals surface area contributed by atoms with Crippen LogP contribution < -0.4 is 5.32 Å². The van der Waals surface area contributed by atoms with Gasteiger partial charge in [-0.25, -0.2) is 0 Å². The van der Waals surface area contributed by atoms with Crippen LogP contribution in [0.15, 0.2) is 54.6 Å². The number of carbonyl (C=O) groups excluding carboxylic acids is 1. The van der Waals surface area contributed by atoms with Gasteiger partial charge in [0.25, 0.3) is 5.91 Å². The molecule has 0 aliphatic carbocycles. The van der Waals surface area contributed by atoms with E-state index in [1.54, 1.807) is 0 Å². The van der Waals surface area contributed by atoms with Gasteiger partial charge < -0.3 is 19.7 Å². The number of likely N-dealkylation sites (tertiary alicyclic amines) is 1. The summed E-state index contributed by atoms with van der Waals surface area (Å²) < 4.78 is 11.5. The van der Waals surface area contributed by atoms with Gasteiger partial charge in [-0.3, -0.25) is 4.79 Å². The lowest BCUT2D eigenvalue weighted by molar-refractivity contribution is 0.0415. The summed E-state index contributed by atoms with van der Waals surface area (Å²) in [4.78, 5) is 15.3. The Balaban J connectivity index is 1.42. The highest BCUT2D eigenvalue weighted by molar-refractivity contribution is 6.00. The van der Waals surface area contributed by atoms with Gasteiger partial charge in [-0.1, -0.05) is 30.3 Å². The van der Waals surface area contributed by atoms with Crippen molar-refractivity contribution in [1.82, 2.24) is 4.90 Å². The van der Waals surface area contributed by atoms with Crippen LogP contribution in [0, 0.1) is 10.8 Å². The summed E-state index contributed by atoms with van der Waals surface area (Å²) in [7, 11) is 0. The van der Waals surface area contributed by atoms with Crippen molar-refractivity contribution in [3.8, 4) is 0 Å². The quantitative estimate of drug-likeness (QED) is 0.925. The number of nitrogens with one attached hydrogen (secondary N) is 1. The number of benzene rings is 2. The minimum Gasteiger partial charge on any atom is -0.380 e. The SMILES string of the molecule is O=C(c1ccccc1Nc1ccccc1)N1CC23COCC2(COC3)C1. The summed E-state index contributed by atoms with van der Waals surface area (Å²) in [5.74, 6) is 0.0825. The van der Waals surface area contributed by atoms with Gasteiger partial charge in [0.05, 0.1) is 37.7 Å². The largest absolute Gasteiger partial charge is 0.380 e. The minimum atomic E-state index is -0.0234. The minimum absolute atomic E-state index is 0.0234. The highest BCUT2D eigenvalue weighted by atomic mass is 16.5. The standard InChI is InChI=1S/C21H22N2O3/c24-19(23-10-20-12-25-14-21(20,11-23)15-26-13-20)17-8-4-5-9-18(17)22-16-6-2-1-3-7-16/h1-9,22H,10-15H2. The maximum atomic E-state index is 13.3. The van der Waals surface area contributed by atoms with Gasteiger partial charge in [-0.15, -0.1) is 0 Å². The molecule has 0 radical (unpaired) electrons. The van der Waals surface area contributed by atoms with E-state index in [0.717, 1.165) is 11.4 Å². The average molecular weight is 350 g/mol. The van der Waals surface area contributed by atoms with E-state index in [-0.39, 0.29) is 16.7 Å². The lowest BCUT2D eigenvalue weighted by atomic mass is 9.71. The highest BCUT2D eigenvalue weighted by Crippen LogP contribution is 2.55. The van der Waals surface area contributed by atoms with Crippen LogP contribution in [0.1, 0.15) is 10.4 Å². The smallest absolute Gasteiger partial charge is 0.256 e. The number of nitrogens with zero attached hydrogens (tertiary/aromatic N) is 1. The molecular formula is C21H22N2O3. The van der Waals surface area contributed by atoms with Crippen LogP contribution in [0.2, 0.25) is 0 Å². The number of hydrogen-bond donors (Lipinski definition) is 1. The first-order valence-corrected chi connectivity index (χ1v) is 9.07. The Hall–Kier alpha value is -2.37. The molecule has 1 amide bonds. The van der Waals surface area contributed by atoms with Crippen LogP contribution in [-0.2, 0) is 9.47 Å². The molecule has 0 aromatic heterocycles. The molecule has 0 unspecified atom stereocenters. The van der Waals surface area contributed by atoms with Crippen molar-refractivity contribution >= 4 is 17.3 Å². The molecule has 1 N–H and O–H groups in total. The van der Waals surface area contributed by atoms with Gasteiger partial charge in [0.2, 0.25) is 0 Å². The van der Waals surface area contributed by atoms with Crippen LogP contribution in [0.4, 0.5) is 11.4 Å². The molecule has 0 saturated carbocycles. The number of para-hydroxylation sites is 2. The zero-order valence-electron chi connectivity index (χ0n) is 14.6. The third-order valence-electron chi connectivity index (χ3n) is 6.12. The zero-order chi connectivity index (χ0) is 17.6. The van der Waals surface area contributed by atoms with E-state index in [1.807, 2.05) is 59.5 Å². The predicted octanol–water partition coefficient (Wildman–Crippen LogP) is 2.92. The Morgan fingerprint density at radius 2 is 1.42 bits per heavy atom. The molecule has 134 valence electrons. The van der Waals surface area contributed by atoms with Gasteiger partial charge in [0, 0.05) is 29.6 Å². The number of ether oxygens (including phenoxy) is 2. The lowest BCUT2D eigenvalue weighted by Gasteiger charge is -2.25. The van der Waals surface area contributed by atoms with Crippen molar-refractivity contribution in [2.75, 3.05) is 44.8 Å². The van der Waals surface area contributed by atoms with Crippen LogP contribution in [0.5, 0.6) is 0 Å². The maximum absolute atomic E-state index is 13.3. The van der Waals surface area contributed by atoms with Gasteiger partial charge in [-0.05, 0) is 24.3 Å². The normalized spacial score (nSPS) is 29.5. The summed E-state index contributed by atoms with van der Waals surface area (Å²) >= 11 is 0. The lowest BCUT2D eigenvalue weighted by Crippen LogP contribution is -2.38. The van der Waals surface area contributed by atoms with E-state index in [0.29, 0.717) is 45.1 Å². The molecule has 3 aliphatic heterocycles. The van der Waals surface area contributed by atoms with Crippen molar-refractivity contribution in [1.29, 1.82) is 0 Å². The molecule has 3 saturated heterocycles. The first-order chi connectivity index (χ1) is 12.7. The van der Waals surface area contributed by atoms with E-state index in [9.17, 15) is 4.79 Å². The van der Waals surface area contributed by atoms with Crippen molar-refractivity contribution in [3.63, 3.8) is 0 Å². The molecule has 5 rings (SSSR count). The van der Waals surface area contributed by atoms with E-state index < -0.39 is 0 Å². The molecule has 2 aromatic rings. The fourth-order valence-corrected chi connectivity index (χ4v) is 4.65. The summed E-state index contributed by atoms with van der Waals surface area (Å²) in [5.41, 5.74) is 2.48. The third-order valence-corrected chi connectivity index (χ3v) is 6.12. The Kier molecular flexibility index (Phi) is 3.55. The first kappa shape index (κ1) is 15.9. The molecule has 2 aromatic carbocycles. The number of amides is 1.